The minimum absolute atomic E-state index is 0.0730. The summed E-state index contributed by atoms with van der Waals surface area (Å²) in [5.41, 5.74) is 1.88. The molecule has 0 spiro atoms. The Bertz CT molecular complexity index is 706. The lowest BCUT2D eigenvalue weighted by molar-refractivity contribution is -0.139. The molecule has 0 fully saturated rings. The molecule has 0 aliphatic rings. The number of carbonyl (C=O) groups is 2. The predicted molar refractivity (Wildman–Crippen MR) is 105 cm³/mol. The van der Waals surface area contributed by atoms with Crippen LogP contribution in [0.5, 0.6) is 0 Å². The second kappa shape index (κ2) is 10.5. The molecule has 0 aliphatic heterocycles. The van der Waals surface area contributed by atoms with Crippen LogP contribution in [0.15, 0.2) is 54.6 Å². The third-order valence-corrected chi connectivity index (χ3v) is 4.73. The van der Waals surface area contributed by atoms with E-state index < -0.39 is 11.9 Å². The molecule has 0 bridgehead atoms. The van der Waals surface area contributed by atoms with E-state index in [1.807, 2.05) is 24.3 Å². The Labute approximate surface area is 156 Å². The number of hydrogen-bond acceptors (Lipinski definition) is 2. The van der Waals surface area contributed by atoms with E-state index in [1.165, 1.54) is 19.3 Å². The fourth-order valence-electron chi connectivity index (χ4n) is 3.21. The van der Waals surface area contributed by atoms with Crippen molar-refractivity contribution < 1.29 is 14.7 Å². The Kier molecular flexibility index (Phi) is 8.07. The number of benzene rings is 2. The van der Waals surface area contributed by atoms with Crippen LogP contribution in [0.1, 0.15) is 79.3 Å². The van der Waals surface area contributed by atoms with E-state index in [4.69, 9.17) is 0 Å². The van der Waals surface area contributed by atoms with Gasteiger partial charge in [0.15, 0.2) is 5.78 Å². The number of aliphatic carboxylic acids is 1. The van der Waals surface area contributed by atoms with Crippen molar-refractivity contribution in [1.82, 2.24) is 0 Å². The maximum absolute atomic E-state index is 12.6. The Morgan fingerprint density at radius 2 is 1.50 bits per heavy atom. The van der Waals surface area contributed by atoms with Gasteiger partial charge in [0.25, 0.3) is 0 Å². The first-order chi connectivity index (χ1) is 12.6. The largest absolute Gasteiger partial charge is 0.481 e. The van der Waals surface area contributed by atoms with E-state index in [2.05, 4.69) is 6.92 Å². The van der Waals surface area contributed by atoms with Crippen molar-refractivity contribution in [3.63, 3.8) is 0 Å². The summed E-state index contributed by atoms with van der Waals surface area (Å²) in [6.45, 7) is 2.18. The maximum atomic E-state index is 12.6. The van der Waals surface area contributed by atoms with Gasteiger partial charge in [0, 0.05) is 11.1 Å². The monoisotopic (exact) mass is 352 g/mol. The van der Waals surface area contributed by atoms with Gasteiger partial charge in [-0.25, -0.2) is 0 Å². The number of carbonyl (C=O) groups excluding carboxylic acids is 1. The summed E-state index contributed by atoms with van der Waals surface area (Å²) in [5.74, 6) is -1.44. The molecule has 0 amide bonds. The van der Waals surface area contributed by atoms with Crippen LogP contribution in [-0.2, 0) is 4.79 Å². The molecule has 0 saturated carbocycles. The van der Waals surface area contributed by atoms with E-state index in [1.54, 1.807) is 30.3 Å². The third kappa shape index (κ3) is 5.83. The van der Waals surface area contributed by atoms with Gasteiger partial charge in [-0.1, -0.05) is 94.0 Å². The number of carboxylic acids is 1. The molecular formula is C23H28O3. The average molecular weight is 352 g/mol. The van der Waals surface area contributed by atoms with E-state index in [-0.39, 0.29) is 5.78 Å². The summed E-state index contributed by atoms with van der Waals surface area (Å²) < 4.78 is 0. The maximum Gasteiger partial charge on any atom is 0.310 e. The molecule has 0 aromatic heterocycles. The fraction of sp³-hybridized carbons (Fsp3) is 0.391. The molecule has 2 aromatic rings. The van der Waals surface area contributed by atoms with Crippen molar-refractivity contribution in [3.8, 4) is 0 Å². The van der Waals surface area contributed by atoms with Gasteiger partial charge >= 0.3 is 5.97 Å². The van der Waals surface area contributed by atoms with E-state index in [9.17, 15) is 14.7 Å². The number of carboxylic acid groups (broad SMARTS) is 1. The van der Waals surface area contributed by atoms with Crippen LogP contribution in [0.3, 0.4) is 0 Å². The molecule has 138 valence electrons. The summed E-state index contributed by atoms with van der Waals surface area (Å²) >= 11 is 0. The molecule has 26 heavy (non-hydrogen) atoms. The first-order valence-electron chi connectivity index (χ1n) is 9.56. The summed E-state index contributed by atoms with van der Waals surface area (Å²) in [7, 11) is 0. The van der Waals surface area contributed by atoms with Crippen molar-refractivity contribution in [2.45, 2.75) is 57.8 Å². The molecule has 2 aromatic carbocycles. The number of hydrogen-bond donors (Lipinski definition) is 1. The van der Waals surface area contributed by atoms with Gasteiger partial charge in [0.1, 0.15) is 0 Å². The Morgan fingerprint density at radius 1 is 0.846 bits per heavy atom. The fourth-order valence-corrected chi connectivity index (χ4v) is 3.21. The van der Waals surface area contributed by atoms with Crippen molar-refractivity contribution in [1.29, 1.82) is 0 Å². The van der Waals surface area contributed by atoms with Gasteiger partial charge in [0.2, 0.25) is 0 Å². The third-order valence-electron chi connectivity index (χ3n) is 4.73. The zero-order valence-electron chi connectivity index (χ0n) is 15.5. The summed E-state index contributed by atoms with van der Waals surface area (Å²) in [6.07, 6.45) is 7.41. The molecule has 0 aliphatic carbocycles. The van der Waals surface area contributed by atoms with Crippen LogP contribution in [0.4, 0.5) is 0 Å². The highest BCUT2D eigenvalue weighted by Crippen LogP contribution is 2.25. The minimum atomic E-state index is -0.817. The summed E-state index contributed by atoms with van der Waals surface area (Å²) in [6, 6.07) is 16.2. The molecular weight excluding hydrogens is 324 g/mol. The molecule has 2 rings (SSSR count). The molecule has 3 nitrogen and oxygen atoms in total. The number of rotatable bonds is 11. The van der Waals surface area contributed by atoms with Gasteiger partial charge in [-0.15, -0.1) is 0 Å². The lowest BCUT2D eigenvalue weighted by Gasteiger charge is -2.14. The van der Waals surface area contributed by atoms with Crippen LogP contribution >= 0.6 is 0 Å². The average Bonchev–Trinajstić information content (AvgIpc) is 2.67. The lowest BCUT2D eigenvalue weighted by atomic mass is 9.90. The van der Waals surface area contributed by atoms with Crippen molar-refractivity contribution >= 4 is 11.8 Å². The van der Waals surface area contributed by atoms with E-state index in [0.717, 1.165) is 19.3 Å². The SMILES string of the molecule is CCCCCCCCC(C(=O)O)c1cccc(C(=O)c2ccccc2)c1. The quantitative estimate of drug-likeness (QED) is 0.408. The van der Waals surface area contributed by atoms with E-state index >= 15 is 0 Å². The van der Waals surface area contributed by atoms with E-state index in [0.29, 0.717) is 23.1 Å². The van der Waals surface area contributed by atoms with Gasteiger partial charge in [-0.3, -0.25) is 9.59 Å². The second-order valence-corrected chi connectivity index (χ2v) is 6.77. The zero-order chi connectivity index (χ0) is 18.8. The Balaban J connectivity index is 2.05. The highest BCUT2D eigenvalue weighted by Gasteiger charge is 2.20. The Morgan fingerprint density at radius 3 is 2.19 bits per heavy atom. The minimum Gasteiger partial charge on any atom is -0.481 e. The van der Waals surface area contributed by atoms with Gasteiger partial charge in [-0.2, -0.15) is 0 Å². The van der Waals surface area contributed by atoms with Crippen LogP contribution in [0.2, 0.25) is 0 Å². The van der Waals surface area contributed by atoms with Gasteiger partial charge in [-0.05, 0) is 18.1 Å². The Hall–Kier alpha value is -2.42. The zero-order valence-corrected chi connectivity index (χ0v) is 15.5. The summed E-state index contributed by atoms with van der Waals surface area (Å²) in [4.78, 5) is 24.3. The number of unbranched alkanes of at least 4 members (excludes halogenated alkanes) is 5. The molecule has 1 atom stereocenters. The van der Waals surface area contributed by atoms with Crippen molar-refractivity contribution in [3.05, 3.63) is 71.3 Å². The molecule has 3 heteroatoms. The first kappa shape index (κ1) is 19.9. The smallest absolute Gasteiger partial charge is 0.310 e. The van der Waals surface area contributed by atoms with Gasteiger partial charge in [0.05, 0.1) is 5.92 Å². The molecule has 1 N–H and O–H groups in total. The molecule has 0 heterocycles. The van der Waals surface area contributed by atoms with Crippen LogP contribution in [0, 0.1) is 0 Å². The standard InChI is InChI=1S/C23H28O3/c1-2-3-4-5-6-10-16-21(23(25)26)19-14-11-15-20(17-19)22(24)18-12-8-7-9-13-18/h7-9,11-15,17,21H,2-6,10,16H2,1H3,(H,25,26). The van der Waals surface area contributed by atoms with Crippen molar-refractivity contribution in [2.24, 2.45) is 0 Å². The first-order valence-corrected chi connectivity index (χ1v) is 9.56. The van der Waals surface area contributed by atoms with Crippen molar-refractivity contribution in [2.75, 3.05) is 0 Å². The van der Waals surface area contributed by atoms with Crippen LogP contribution < -0.4 is 0 Å². The lowest BCUT2D eigenvalue weighted by Crippen LogP contribution is -2.13. The number of ketones is 1. The highest BCUT2D eigenvalue weighted by molar-refractivity contribution is 6.09. The summed E-state index contributed by atoms with van der Waals surface area (Å²) in [5, 5.41) is 9.63. The van der Waals surface area contributed by atoms with Crippen LogP contribution in [-0.4, -0.2) is 16.9 Å². The second-order valence-electron chi connectivity index (χ2n) is 6.77. The predicted octanol–water partition coefficient (Wildman–Crippen LogP) is 5.84. The topological polar surface area (TPSA) is 54.4 Å². The molecule has 1 unspecified atom stereocenters. The molecule has 0 saturated heterocycles. The van der Waals surface area contributed by atoms with Crippen LogP contribution in [0.25, 0.3) is 0 Å². The normalized spacial score (nSPS) is 11.9. The molecule has 0 radical (unpaired) electrons. The van der Waals surface area contributed by atoms with Gasteiger partial charge < -0.3 is 5.11 Å². The highest BCUT2D eigenvalue weighted by atomic mass is 16.4.